The lowest BCUT2D eigenvalue weighted by atomic mass is 10.1. The second-order valence-corrected chi connectivity index (χ2v) is 6.19. The quantitative estimate of drug-likeness (QED) is 0.563. The first-order valence-corrected chi connectivity index (χ1v) is 9.26. The molecule has 146 valence electrons. The number of carboxylic acid groups (broad SMARTS) is 1. The summed E-state index contributed by atoms with van der Waals surface area (Å²) in [5, 5.41) is 11.3. The summed E-state index contributed by atoms with van der Waals surface area (Å²) >= 11 is 0. The van der Waals surface area contributed by atoms with Crippen molar-refractivity contribution in [2.75, 3.05) is 13.2 Å². The summed E-state index contributed by atoms with van der Waals surface area (Å²) < 4.78 is 17.1. The van der Waals surface area contributed by atoms with Crippen LogP contribution in [0.5, 0.6) is 11.5 Å². The van der Waals surface area contributed by atoms with Crippen molar-refractivity contribution in [3.05, 3.63) is 53.9 Å². The highest BCUT2D eigenvalue weighted by Gasteiger charge is 2.13. The second kappa shape index (κ2) is 9.08. The number of aromatic nitrogens is 1. The van der Waals surface area contributed by atoms with E-state index in [0.29, 0.717) is 41.4 Å². The van der Waals surface area contributed by atoms with E-state index in [1.165, 1.54) is 0 Å². The highest BCUT2D eigenvalue weighted by atomic mass is 16.5. The van der Waals surface area contributed by atoms with E-state index >= 15 is 0 Å². The van der Waals surface area contributed by atoms with Gasteiger partial charge in [0.2, 0.25) is 5.89 Å². The van der Waals surface area contributed by atoms with Crippen molar-refractivity contribution >= 4 is 28.7 Å². The number of oxazole rings is 1. The zero-order chi connectivity index (χ0) is 19.9. The minimum absolute atomic E-state index is 0.259. The Labute approximate surface area is 163 Å². The molecule has 6 nitrogen and oxygen atoms in total. The minimum Gasteiger partial charge on any atom is -0.550 e. The Kier molecular flexibility index (Phi) is 6.32. The molecule has 0 unspecified atom stereocenters. The maximum Gasteiger partial charge on any atom is 0.223 e. The van der Waals surface area contributed by atoms with E-state index in [0.717, 1.165) is 12.0 Å². The molecule has 28 heavy (non-hydrogen) atoms. The number of carbonyl (C=O) groups is 1. The van der Waals surface area contributed by atoms with Crippen LogP contribution in [0, 0.1) is 0 Å². The predicted octanol–water partition coefficient (Wildman–Crippen LogP) is 3.70. The number of ether oxygens (including phenoxy) is 2. The maximum absolute atomic E-state index is 11.3. The van der Waals surface area contributed by atoms with E-state index in [9.17, 15) is 9.90 Å². The SMILES string of the molecule is CCCOc1ccc(/C=C(\CC(=O)[O-])c2nc3ccccc3o2)cc1OCC. The van der Waals surface area contributed by atoms with Crippen molar-refractivity contribution in [3.63, 3.8) is 0 Å². The molecule has 0 aliphatic heterocycles. The van der Waals surface area contributed by atoms with Gasteiger partial charge in [-0.1, -0.05) is 25.1 Å². The normalized spacial score (nSPS) is 11.6. The van der Waals surface area contributed by atoms with Crippen LogP contribution in [0.1, 0.15) is 38.1 Å². The zero-order valence-corrected chi connectivity index (χ0v) is 15.9. The number of fused-ring (bicyclic) bond motifs is 1. The van der Waals surface area contributed by atoms with Crippen LogP contribution in [0.3, 0.4) is 0 Å². The van der Waals surface area contributed by atoms with E-state index in [1.54, 1.807) is 12.1 Å². The lowest BCUT2D eigenvalue weighted by Gasteiger charge is -2.12. The molecule has 1 heterocycles. The molecule has 0 aliphatic rings. The molecule has 0 aliphatic carbocycles. The Morgan fingerprint density at radius 3 is 2.68 bits per heavy atom. The van der Waals surface area contributed by atoms with Gasteiger partial charge in [0, 0.05) is 18.0 Å². The average Bonchev–Trinajstić information content (AvgIpc) is 3.11. The van der Waals surface area contributed by atoms with E-state index in [4.69, 9.17) is 13.9 Å². The number of carbonyl (C=O) groups excluding carboxylic acids is 1. The fourth-order valence-electron chi connectivity index (χ4n) is 2.77. The number of benzene rings is 2. The molecule has 0 spiro atoms. The van der Waals surface area contributed by atoms with Crippen molar-refractivity contribution in [1.29, 1.82) is 0 Å². The number of hydrogen-bond acceptors (Lipinski definition) is 6. The van der Waals surface area contributed by atoms with Gasteiger partial charge in [-0.3, -0.25) is 0 Å². The molecule has 1 aromatic heterocycles. The third kappa shape index (κ3) is 4.71. The van der Waals surface area contributed by atoms with E-state index in [1.807, 2.05) is 50.2 Å². The molecule has 0 saturated carbocycles. The van der Waals surface area contributed by atoms with Gasteiger partial charge < -0.3 is 23.8 Å². The Morgan fingerprint density at radius 2 is 1.96 bits per heavy atom. The average molecular weight is 380 g/mol. The van der Waals surface area contributed by atoms with E-state index < -0.39 is 5.97 Å². The van der Waals surface area contributed by atoms with E-state index in [-0.39, 0.29) is 12.3 Å². The fourth-order valence-corrected chi connectivity index (χ4v) is 2.77. The fraction of sp³-hybridized carbons (Fsp3) is 0.273. The number of carboxylic acids is 1. The Balaban J connectivity index is 1.99. The minimum atomic E-state index is -1.21. The summed E-state index contributed by atoms with van der Waals surface area (Å²) in [7, 11) is 0. The van der Waals surface area contributed by atoms with Gasteiger partial charge in [0.25, 0.3) is 0 Å². The van der Waals surface area contributed by atoms with Gasteiger partial charge in [-0.05, 0) is 49.2 Å². The van der Waals surface area contributed by atoms with Crippen LogP contribution < -0.4 is 14.6 Å². The number of hydrogen-bond donors (Lipinski definition) is 0. The Bertz CT molecular complexity index is 957. The third-order valence-electron chi connectivity index (χ3n) is 3.97. The standard InChI is InChI=1S/C22H23NO5/c1-3-11-27-19-10-9-15(13-20(19)26-4-2)12-16(14-21(24)25)22-23-17-7-5-6-8-18(17)28-22/h5-10,12-13H,3-4,11,14H2,1-2H3,(H,24,25)/p-1/b16-12+. The smallest absolute Gasteiger partial charge is 0.223 e. The van der Waals surface area contributed by atoms with Crippen molar-refractivity contribution < 1.29 is 23.8 Å². The Morgan fingerprint density at radius 1 is 1.14 bits per heavy atom. The summed E-state index contributed by atoms with van der Waals surface area (Å²) in [4.78, 5) is 15.7. The number of aliphatic carboxylic acids is 1. The van der Waals surface area contributed by atoms with Crippen LogP contribution >= 0.6 is 0 Å². The highest BCUT2D eigenvalue weighted by Crippen LogP contribution is 2.31. The van der Waals surface area contributed by atoms with Crippen molar-refractivity contribution in [2.45, 2.75) is 26.7 Å². The number of para-hydroxylation sites is 2. The second-order valence-electron chi connectivity index (χ2n) is 6.19. The van der Waals surface area contributed by atoms with Gasteiger partial charge in [-0.15, -0.1) is 0 Å². The van der Waals surface area contributed by atoms with Crippen molar-refractivity contribution in [2.24, 2.45) is 0 Å². The van der Waals surface area contributed by atoms with Gasteiger partial charge in [0.05, 0.1) is 13.2 Å². The first-order valence-electron chi connectivity index (χ1n) is 9.26. The van der Waals surface area contributed by atoms with Crippen molar-refractivity contribution in [3.8, 4) is 11.5 Å². The van der Waals surface area contributed by atoms with Crippen LogP contribution in [0.25, 0.3) is 22.7 Å². The van der Waals surface area contributed by atoms with Crippen LogP contribution in [-0.4, -0.2) is 24.2 Å². The lowest BCUT2D eigenvalue weighted by Crippen LogP contribution is -2.22. The molecule has 3 rings (SSSR count). The topological polar surface area (TPSA) is 84.6 Å². The molecule has 0 radical (unpaired) electrons. The monoisotopic (exact) mass is 380 g/mol. The molecule has 0 saturated heterocycles. The first kappa shape index (κ1) is 19.5. The molecule has 0 N–H and O–H groups in total. The summed E-state index contributed by atoms with van der Waals surface area (Å²) in [5.74, 6) is 0.315. The van der Waals surface area contributed by atoms with Gasteiger partial charge in [-0.2, -0.15) is 0 Å². The number of rotatable bonds is 9. The lowest BCUT2D eigenvalue weighted by molar-refractivity contribution is -0.304. The highest BCUT2D eigenvalue weighted by molar-refractivity contribution is 5.90. The van der Waals surface area contributed by atoms with Crippen LogP contribution in [-0.2, 0) is 4.79 Å². The molecule has 0 fully saturated rings. The largest absolute Gasteiger partial charge is 0.550 e. The van der Waals surface area contributed by atoms with Gasteiger partial charge in [0.15, 0.2) is 17.1 Å². The van der Waals surface area contributed by atoms with Crippen molar-refractivity contribution in [1.82, 2.24) is 4.98 Å². The van der Waals surface area contributed by atoms with Crippen LogP contribution in [0.2, 0.25) is 0 Å². The molecule has 0 amide bonds. The summed E-state index contributed by atoms with van der Waals surface area (Å²) in [6.07, 6.45) is 2.29. The summed E-state index contributed by atoms with van der Waals surface area (Å²) in [6.45, 7) is 5.01. The zero-order valence-electron chi connectivity index (χ0n) is 15.9. The molecule has 2 aromatic carbocycles. The molecule has 3 aromatic rings. The third-order valence-corrected chi connectivity index (χ3v) is 3.97. The molecular formula is C22H22NO5-. The Hall–Kier alpha value is -3.28. The number of nitrogens with zero attached hydrogens (tertiary/aromatic N) is 1. The van der Waals surface area contributed by atoms with Gasteiger partial charge in [-0.25, -0.2) is 4.98 Å². The summed E-state index contributed by atoms with van der Waals surface area (Å²) in [5.41, 5.74) is 2.44. The van der Waals surface area contributed by atoms with E-state index in [2.05, 4.69) is 4.98 Å². The molecule has 6 heteroatoms. The van der Waals surface area contributed by atoms with Gasteiger partial charge in [0.1, 0.15) is 5.52 Å². The summed E-state index contributed by atoms with van der Waals surface area (Å²) in [6, 6.07) is 12.7. The maximum atomic E-state index is 11.3. The van der Waals surface area contributed by atoms with Crippen LogP contribution in [0.15, 0.2) is 46.9 Å². The predicted molar refractivity (Wildman–Crippen MR) is 105 cm³/mol. The molecular weight excluding hydrogens is 358 g/mol. The first-order chi connectivity index (χ1) is 13.6. The van der Waals surface area contributed by atoms with Gasteiger partial charge >= 0.3 is 0 Å². The molecule has 0 bridgehead atoms. The molecule has 0 atom stereocenters. The van der Waals surface area contributed by atoms with Crippen LogP contribution in [0.4, 0.5) is 0 Å².